The number of nitrogens with one attached hydrogen (secondary N) is 2. The van der Waals surface area contributed by atoms with Crippen LogP contribution in [0, 0.1) is 0 Å². The number of carbonyl (C=O) groups is 2. The standard InChI is InChI=1S/C23H29N3O4/c1-15(23(28)25-18-9-7-17(8-10-18)24-16(2)27)26-13-5-6-21(26)20-14-19(29-3)11-12-22(20)30-4/h7-12,14-15,21H,5-6,13H2,1-4H3,(H,24,27)(H,25,28)/t15-,21-/m1/s1. The molecule has 3 rings (SSSR count). The zero-order valence-corrected chi connectivity index (χ0v) is 17.9. The molecular weight excluding hydrogens is 382 g/mol. The molecule has 7 nitrogen and oxygen atoms in total. The summed E-state index contributed by atoms with van der Waals surface area (Å²) in [5.74, 6) is 1.37. The van der Waals surface area contributed by atoms with Crippen molar-refractivity contribution in [3.05, 3.63) is 48.0 Å². The second-order valence-electron chi connectivity index (χ2n) is 7.43. The van der Waals surface area contributed by atoms with Crippen molar-refractivity contribution in [2.75, 3.05) is 31.4 Å². The number of nitrogens with zero attached hydrogens (tertiary/aromatic N) is 1. The van der Waals surface area contributed by atoms with Gasteiger partial charge in [-0.15, -0.1) is 0 Å². The number of likely N-dealkylation sites (tertiary alicyclic amines) is 1. The summed E-state index contributed by atoms with van der Waals surface area (Å²) >= 11 is 0. The first-order chi connectivity index (χ1) is 14.4. The van der Waals surface area contributed by atoms with Crippen LogP contribution in [0.25, 0.3) is 0 Å². The molecule has 1 aliphatic heterocycles. The highest BCUT2D eigenvalue weighted by molar-refractivity contribution is 5.95. The van der Waals surface area contributed by atoms with Crippen LogP contribution < -0.4 is 20.1 Å². The van der Waals surface area contributed by atoms with E-state index in [0.717, 1.165) is 36.4 Å². The van der Waals surface area contributed by atoms with Gasteiger partial charge in [0.15, 0.2) is 0 Å². The van der Waals surface area contributed by atoms with E-state index in [1.165, 1.54) is 6.92 Å². The number of hydrogen-bond acceptors (Lipinski definition) is 5. The van der Waals surface area contributed by atoms with Gasteiger partial charge in [0.2, 0.25) is 11.8 Å². The number of benzene rings is 2. The van der Waals surface area contributed by atoms with E-state index < -0.39 is 0 Å². The molecule has 2 atom stereocenters. The lowest BCUT2D eigenvalue weighted by Crippen LogP contribution is -2.41. The van der Waals surface area contributed by atoms with E-state index in [0.29, 0.717) is 11.4 Å². The summed E-state index contributed by atoms with van der Waals surface area (Å²) in [5.41, 5.74) is 2.42. The van der Waals surface area contributed by atoms with Crippen LogP contribution in [0.3, 0.4) is 0 Å². The van der Waals surface area contributed by atoms with Crippen molar-refractivity contribution < 1.29 is 19.1 Å². The predicted molar refractivity (Wildman–Crippen MR) is 117 cm³/mol. The summed E-state index contributed by atoms with van der Waals surface area (Å²) in [5, 5.41) is 5.69. The molecule has 7 heteroatoms. The van der Waals surface area contributed by atoms with Gasteiger partial charge >= 0.3 is 0 Å². The molecule has 0 saturated carbocycles. The normalized spacial score (nSPS) is 17.3. The number of anilines is 2. The first-order valence-corrected chi connectivity index (χ1v) is 10.1. The van der Waals surface area contributed by atoms with Gasteiger partial charge in [0, 0.05) is 29.9 Å². The van der Waals surface area contributed by atoms with Crippen molar-refractivity contribution in [2.45, 2.75) is 38.8 Å². The maximum atomic E-state index is 12.9. The summed E-state index contributed by atoms with van der Waals surface area (Å²) in [4.78, 5) is 26.3. The highest BCUT2D eigenvalue weighted by atomic mass is 16.5. The van der Waals surface area contributed by atoms with Gasteiger partial charge in [0.1, 0.15) is 11.5 Å². The van der Waals surface area contributed by atoms with Crippen molar-refractivity contribution in [1.82, 2.24) is 4.90 Å². The summed E-state index contributed by atoms with van der Waals surface area (Å²) in [6.07, 6.45) is 1.96. The lowest BCUT2D eigenvalue weighted by Gasteiger charge is -2.31. The average Bonchev–Trinajstić information content (AvgIpc) is 3.23. The Morgan fingerprint density at radius 1 is 1.03 bits per heavy atom. The predicted octanol–water partition coefficient (Wildman–Crippen LogP) is 3.83. The maximum Gasteiger partial charge on any atom is 0.241 e. The Kier molecular flexibility index (Phi) is 6.95. The minimum absolute atomic E-state index is 0.0731. The van der Waals surface area contributed by atoms with Gasteiger partial charge in [-0.1, -0.05) is 0 Å². The molecule has 0 spiro atoms. The highest BCUT2D eigenvalue weighted by Crippen LogP contribution is 2.40. The van der Waals surface area contributed by atoms with E-state index in [1.54, 1.807) is 38.5 Å². The van der Waals surface area contributed by atoms with Crippen molar-refractivity contribution in [1.29, 1.82) is 0 Å². The zero-order chi connectivity index (χ0) is 21.7. The van der Waals surface area contributed by atoms with Gasteiger partial charge in [-0.2, -0.15) is 0 Å². The largest absolute Gasteiger partial charge is 0.497 e. The van der Waals surface area contributed by atoms with Crippen molar-refractivity contribution in [2.24, 2.45) is 0 Å². The third-order valence-corrected chi connectivity index (χ3v) is 5.44. The monoisotopic (exact) mass is 411 g/mol. The van der Waals surface area contributed by atoms with Crippen LogP contribution in [0.2, 0.25) is 0 Å². The number of carbonyl (C=O) groups excluding carboxylic acids is 2. The Morgan fingerprint density at radius 2 is 1.70 bits per heavy atom. The van der Waals surface area contributed by atoms with E-state index in [1.807, 2.05) is 25.1 Å². The number of rotatable bonds is 7. The van der Waals surface area contributed by atoms with Gasteiger partial charge in [-0.3, -0.25) is 14.5 Å². The Hall–Kier alpha value is -3.06. The third-order valence-electron chi connectivity index (χ3n) is 5.44. The van der Waals surface area contributed by atoms with Crippen molar-refractivity contribution in [3.8, 4) is 11.5 Å². The molecule has 0 unspecified atom stereocenters. The molecule has 0 aliphatic carbocycles. The molecule has 30 heavy (non-hydrogen) atoms. The van der Waals surface area contributed by atoms with E-state index in [2.05, 4.69) is 15.5 Å². The molecule has 2 N–H and O–H groups in total. The Labute approximate surface area is 177 Å². The van der Waals surface area contributed by atoms with Crippen LogP contribution in [-0.4, -0.2) is 43.5 Å². The molecule has 0 radical (unpaired) electrons. The topological polar surface area (TPSA) is 79.9 Å². The molecule has 1 aliphatic rings. The minimum Gasteiger partial charge on any atom is -0.497 e. The lowest BCUT2D eigenvalue weighted by atomic mass is 10.0. The quantitative estimate of drug-likeness (QED) is 0.724. The second kappa shape index (κ2) is 9.63. The Balaban J connectivity index is 1.73. The van der Waals surface area contributed by atoms with Gasteiger partial charge < -0.3 is 20.1 Å². The fourth-order valence-corrected chi connectivity index (χ4v) is 3.92. The molecule has 0 aromatic heterocycles. The Bertz CT molecular complexity index is 898. The maximum absolute atomic E-state index is 12.9. The third kappa shape index (κ3) is 4.91. The van der Waals surface area contributed by atoms with Gasteiger partial charge in [-0.05, 0) is 68.8 Å². The molecule has 2 amide bonds. The zero-order valence-electron chi connectivity index (χ0n) is 17.9. The molecule has 160 valence electrons. The van der Waals surface area contributed by atoms with Gasteiger partial charge in [-0.25, -0.2) is 0 Å². The molecule has 2 aromatic carbocycles. The van der Waals surface area contributed by atoms with Crippen molar-refractivity contribution in [3.63, 3.8) is 0 Å². The first kappa shape index (κ1) is 21.6. The number of methoxy groups -OCH3 is 2. The molecule has 1 saturated heterocycles. The molecule has 0 bridgehead atoms. The van der Waals surface area contributed by atoms with Gasteiger partial charge in [0.25, 0.3) is 0 Å². The van der Waals surface area contributed by atoms with Gasteiger partial charge in [0.05, 0.1) is 20.3 Å². The van der Waals surface area contributed by atoms with Crippen molar-refractivity contribution >= 4 is 23.2 Å². The molecule has 2 aromatic rings. The van der Waals surface area contributed by atoms with Crippen LogP contribution in [0.15, 0.2) is 42.5 Å². The SMILES string of the molecule is COc1ccc(OC)c([C@H]2CCCN2[C@H](C)C(=O)Nc2ccc(NC(C)=O)cc2)c1. The van der Waals surface area contributed by atoms with E-state index in [9.17, 15) is 9.59 Å². The van der Waals surface area contributed by atoms with E-state index in [4.69, 9.17) is 9.47 Å². The summed E-state index contributed by atoms with van der Waals surface area (Å²) in [6, 6.07) is 12.6. The number of hydrogen-bond donors (Lipinski definition) is 2. The average molecular weight is 412 g/mol. The fraction of sp³-hybridized carbons (Fsp3) is 0.391. The van der Waals surface area contributed by atoms with E-state index >= 15 is 0 Å². The van der Waals surface area contributed by atoms with Crippen LogP contribution >= 0.6 is 0 Å². The summed E-state index contributed by atoms with van der Waals surface area (Å²) in [7, 11) is 3.30. The van der Waals surface area contributed by atoms with Crippen LogP contribution in [-0.2, 0) is 9.59 Å². The van der Waals surface area contributed by atoms with Crippen LogP contribution in [0.1, 0.15) is 38.3 Å². The van der Waals surface area contributed by atoms with Crippen LogP contribution in [0.5, 0.6) is 11.5 Å². The summed E-state index contributed by atoms with van der Waals surface area (Å²) < 4.78 is 11.0. The lowest BCUT2D eigenvalue weighted by molar-refractivity contribution is -0.121. The Morgan fingerprint density at radius 3 is 2.30 bits per heavy atom. The van der Waals surface area contributed by atoms with E-state index in [-0.39, 0.29) is 23.9 Å². The molecular formula is C23H29N3O4. The number of amides is 2. The smallest absolute Gasteiger partial charge is 0.241 e. The van der Waals surface area contributed by atoms with Crippen LogP contribution in [0.4, 0.5) is 11.4 Å². The molecule has 1 fully saturated rings. The summed E-state index contributed by atoms with van der Waals surface area (Å²) in [6.45, 7) is 4.22. The highest BCUT2D eigenvalue weighted by Gasteiger charge is 2.34. The minimum atomic E-state index is -0.316. The second-order valence-corrected chi connectivity index (χ2v) is 7.43. The number of ether oxygens (including phenoxy) is 2. The fourth-order valence-electron chi connectivity index (χ4n) is 3.92. The molecule has 1 heterocycles. The first-order valence-electron chi connectivity index (χ1n) is 10.1.